The molecule has 14 N–H and O–H groups in total. The van der Waals surface area contributed by atoms with Gasteiger partial charge in [0.05, 0.1) is 50.9 Å². The van der Waals surface area contributed by atoms with Crippen LogP contribution in [0.4, 0.5) is 0 Å². The molecule has 0 aliphatic carbocycles. The van der Waals surface area contributed by atoms with Crippen molar-refractivity contribution in [2.24, 2.45) is 0 Å². The maximum absolute atomic E-state index is 11.0. The third-order valence-corrected chi connectivity index (χ3v) is 10.5. The molecule has 2 aromatic rings. The molecule has 1 unspecified atom stereocenters. The number of aromatic nitrogens is 6. The molecular weight excluding hydrogens is 804 g/mol. The third-order valence-electron chi connectivity index (χ3n) is 10.5. The summed E-state index contributed by atoms with van der Waals surface area (Å²) >= 11 is 0. The smallest absolute Gasteiger partial charge is 0.187 e. The van der Waals surface area contributed by atoms with Crippen LogP contribution in [0.1, 0.15) is 11.4 Å². The first-order valence-corrected chi connectivity index (χ1v) is 18.8. The van der Waals surface area contributed by atoms with Crippen molar-refractivity contribution in [1.29, 1.82) is 0 Å². The Bertz CT molecular complexity index is 1590. The van der Waals surface area contributed by atoms with Gasteiger partial charge in [-0.25, -0.2) is 9.36 Å². The molecule has 4 saturated heterocycles. The lowest BCUT2D eigenvalue weighted by Gasteiger charge is -2.45. The second kappa shape index (κ2) is 20.1. The van der Waals surface area contributed by atoms with Crippen molar-refractivity contribution in [2.45, 2.75) is 149 Å². The standard InChI is InChI=1S/C32H52N6O21/c39-9-15-18(42)21(45)25(49)30(57-15)53-3-1-11-5-37(35-33-11)7-13-17(41)20(44)27(51)32(56-13)59-28-14(55-29(52)24(48)23(28)47)8-38-6-12(34-36-38)2-4-54-31-26(50)22(46)19(43)16(10-40)58-31/h5-6,13-32,39-52H,1-4,7-10H2/t13-,14-,15-,16-,17-,18-,19-,20+,21+,22+,23-,24-,25+,26+,27-,28-,29?,30+,31+,32-/m1/s1. The number of aliphatic hydroxyl groups excluding tert-OH is 14. The van der Waals surface area contributed by atoms with Gasteiger partial charge in [-0.15, -0.1) is 10.2 Å². The first-order chi connectivity index (χ1) is 28.1. The number of aliphatic hydroxyl groups is 14. The second-order valence-electron chi connectivity index (χ2n) is 14.7. The molecule has 20 atom stereocenters. The molecule has 27 nitrogen and oxygen atoms in total. The van der Waals surface area contributed by atoms with Gasteiger partial charge in [0.25, 0.3) is 0 Å². The minimum Gasteiger partial charge on any atom is -0.394 e. The Morgan fingerprint density at radius 2 is 0.898 bits per heavy atom. The highest BCUT2D eigenvalue weighted by Crippen LogP contribution is 2.30. The number of hydrogen-bond donors (Lipinski definition) is 14. The summed E-state index contributed by atoms with van der Waals surface area (Å²) in [6.07, 6.45) is -28.4. The maximum atomic E-state index is 11.0. The van der Waals surface area contributed by atoms with Gasteiger partial charge in [0.2, 0.25) is 0 Å². The summed E-state index contributed by atoms with van der Waals surface area (Å²) < 4.78 is 41.3. The van der Waals surface area contributed by atoms with Gasteiger partial charge in [-0.3, -0.25) is 0 Å². The zero-order valence-corrected chi connectivity index (χ0v) is 31.2. The first kappa shape index (κ1) is 46.0. The fraction of sp³-hybridized carbons (Fsp3) is 0.875. The van der Waals surface area contributed by atoms with Crippen molar-refractivity contribution in [3.63, 3.8) is 0 Å². The molecule has 0 saturated carbocycles. The Balaban J connectivity index is 1.03. The molecule has 59 heavy (non-hydrogen) atoms. The number of hydrogen-bond acceptors (Lipinski definition) is 25. The van der Waals surface area contributed by atoms with E-state index < -0.39 is 136 Å². The number of ether oxygens (including phenoxy) is 7. The van der Waals surface area contributed by atoms with Crippen LogP contribution < -0.4 is 0 Å². The van der Waals surface area contributed by atoms with E-state index in [0.717, 1.165) is 0 Å². The Morgan fingerprint density at radius 1 is 0.475 bits per heavy atom. The van der Waals surface area contributed by atoms with Gasteiger partial charge in [0.15, 0.2) is 25.2 Å². The van der Waals surface area contributed by atoms with Crippen molar-refractivity contribution in [2.75, 3.05) is 26.4 Å². The van der Waals surface area contributed by atoms with Gasteiger partial charge in [-0.05, 0) is 0 Å². The fourth-order valence-corrected chi connectivity index (χ4v) is 6.99. The van der Waals surface area contributed by atoms with Crippen molar-refractivity contribution < 1.29 is 105 Å². The van der Waals surface area contributed by atoms with Crippen LogP contribution in [0.3, 0.4) is 0 Å². The second-order valence-corrected chi connectivity index (χ2v) is 14.7. The fourth-order valence-electron chi connectivity index (χ4n) is 6.99. The van der Waals surface area contributed by atoms with E-state index in [1.165, 1.54) is 21.8 Å². The maximum Gasteiger partial charge on any atom is 0.187 e. The van der Waals surface area contributed by atoms with Gasteiger partial charge < -0.3 is 105 Å². The highest BCUT2D eigenvalue weighted by Gasteiger charge is 2.51. The van der Waals surface area contributed by atoms with E-state index in [4.69, 9.17) is 33.2 Å². The monoisotopic (exact) mass is 856 g/mol. The molecule has 0 spiro atoms. The molecule has 0 amide bonds. The summed E-state index contributed by atoms with van der Waals surface area (Å²) in [5.41, 5.74) is 0.691. The van der Waals surface area contributed by atoms with Crippen LogP contribution in [0.25, 0.3) is 0 Å². The Kier molecular flexibility index (Phi) is 15.6. The predicted octanol–water partition coefficient (Wildman–Crippen LogP) is -10.1. The summed E-state index contributed by atoms with van der Waals surface area (Å²) in [5, 5.41) is 159. The van der Waals surface area contributed by atoms with Gasteiger partial charge in [-0.2, -0.15) is 0 Å². The summed E-state index contributed by atoms with van der Waals surface area (Å²) in [5.74, 6) is 0. The van der Waals surface area contributed by atoms with E-state index in [1.807, 2.05) is 0 Å². The largest absolute Gasteiger partial charge is 0.394 e. The van der Waals surface area contributed by atoms with Crippen molar-refractivity contribution >= 4 is 0 Å². The highest BCUT2D eigenvalue weighted by atomic mass is 16.7. The Labute approximate surface area is 333 Å². The molecule has 27 heteroatoms. The van der Waals surface area contributed by atoms with Gasteiger partial charge in [0, 0.05) is 25.2 Å². The van der Waals surface area contributed by atoms with Gasteiger partial charge >= 0.3 is 0 Å². The first-order valence-electron chi connectivity index (χ1n) is 18.8. The summed E-state index contributed by atoms with van der Waals surface area (Å²) in [4.78, 5) is 0. The van der Waals surface area contributed by atoms with Crippen LogP contribution in [0.2, 0.25) is 0 Å². The lowest BCUT2D eigenvalue weighted by atomic mass is 9.96. The average Bonchev–Trinajstić information content (AvgIpc) is 3.88. The zero-order chi connectivity index (χ0) is 42.7. The van der Waals surface area contributed by atoms with E-state index in [2.05, 4.69) is 20.6 Å². The van der Waals surface area contributed by atoms with Gasteiger partial charge in [-0.1, -0.05) is 10.4 Å². The van der Waals surface area contributed by atoms with Crippen LogP contribution in [0, 0.1) is 0 Å². The number of nitrogens with zero attached hydrogens (tertiary/aromatic N) is 6. The molecule has 0 radical (unpaired) electrons. The third kappa shape index (κ3) is 10.4. The van der Waals surface area contributed by atoms with E-state index >= 15 is 0 Å². The number of rotatable bonds is 16. The quantitative estimate of drug-likeness (QED) is 0.0745. The van der Waals surface area contributed by atoms with Crippen LogP contribution >= 0.6 is 0 Å². The van der Waals surface area contributed by atoms with Crippen LogP contribution in [-0.4, -0.2) is 251 Å². The molecule has 2 aromatic heterocycles. The summed E-state index contributed by atoms with van der Waals surface area (Å²) in [6.45, 7) is -1.98. The molecule has 6 heterocycles. The van der Waals surface area contributed by atoms with E-state index in [1.54, 1.807) is 0 Å². The highest BCUT2D eigenvalue weighted by molar-refractivity contribution is 4.98. The van der Waals surface area contributed by atoms with Crippen LogP contribution in [-0.2, 0) is 59.1 Å². The molecule has 336 valence electrons. The van der Waals surface area contributed by atoms with Crippen molar-refractivity contribution in [3.05, 3.63) is 23.8 Å². The Hall–Kier alpha value is -2.56. The molecule has 6 rings (SSSR count). The molecule has 0 bridgehead atoms. The summed E-state index contributed by atoms with van der Waals surface area (Å²) in [7, 11) is 0. The minimum absolute atomic E-state index is 0.0946. The normalized spacial score (nSPS) is 43.2. The average molecular weight is 857 g/mol. The molecular formula is C32H52N6O21. The van der Waals surface area contributed by atoms with Crippen LogP contribution in [0.15, 0.2) is 12.4 Å². The SMILES string of the molecule is OC[C@H]1O[C@H](OCCc2cn(C[C@H]3O[C@H](O[C@H]4[C@H](O)[C@@H](O)C(O)O[C@@H]4Cn4cc(CCO[C@H]5O[C@H](CO)[C@@H](O)[C@H](O)[C@@H]5O)nn4)[C@H](O)[C@@H](O)[C@@H]3O)nn2)[C@@H](O)[C@@H](O)[C@@H]1O. The summed E-state index contributed by atoms with van der Waals surface area (Å²) in [6, 6.07) is 0. The topological polar surface area (TPSA) is 409 Å². The minimum atomic E-state index is -1.88. The molecule has 0 aromatic carbocycles. The molecule has 4 fully saturated rings. The van der Waals surface area contributed by atoms with Crippen LogP contribution in [0.5, 0.6) is 0 Å². The van der Waals surface area contributed by atoms with Crippen molar-refractivity contribution in [3.8, 4) is 0 Å². The van der Waals surface area contributed by atoms with Crippen molar-refractivity contribution in [1.82, 2.24) is 30.0 Å². The predicted molar refractivity (Wildman–Crippen MR) is 181 cm³/mol. The van der Waals surface area contributed by atoms with Gasteiger partial charge in [0.1, 0.15) is 97.7 Å². The van der Waals surface area contributed by atoms with E-state index in [-0.39, 0.29) is 39.1 Å². The lowest BCUT2D eigenvalue weighted by Crippen LogP contribution is -2.64. The molecule has 4 aliphatic rings. The lowest BCUT2D eigenvalue weighted by molar-refractivity contribution is -0.353. The molecule has 4 aliphatic heterocycles. The Morgan fingerprint density at radius 3 is 1.37 bits per heavy atom. The van der Waals surface area contributed by atoms with E-state index in [0.29, 0.717) is 11.4 Å². The zero-order valence-electron chi connectivity index (χ0n) is 31.2. The van der Waals surface area contributed by atoms with E-state index in [9.17, 15) is 71.5 Å².